The van der Waals surface area contributed by atoms with E-state index < -0.39 is 32.1 Å². The van der Waals surface area contributed by atoms with E-state index in [9.17, 15) is 21.6 Å². The summed E-state index contributed by atoms with van der Waals surface area (Å²) in [5.41, 5.74) is 1.28. The van der Waals surface area contributed by atoms with Crippen molar-refractivity contribution in [2.24, 2.45) is 0 Å². The number of carbonyl (C=O) groups is 1. The average molecular weight is 498 g/mol. The summed E-state index contributed by atoms with van der Waals surface area (Å²) in [6.45, 7) is 1.98. The van der Waals surface area contributed by atoms with Gasteiger partial charge in [-0.1, -0.05) is 6.07 Å². The molecule has 0 unspecified atom stereocenters. The van der Waals surface area contributed by atoms with Crippen molar-refractivity contribution in [2.75, 3.05) is 44.4 Å². The number of benzene rings is 2. The molecule has 2 aromatic carbocycles. The molecule has 1 amide bonds. The molecule has 0 fully saturated rings. The van der Waals surface area contributed by atoms with Gasteiger partial charge in [0.05, 0.1) is 29.9 Å². The summed E-state index contributed by atoms with van der Waals surface area (Å²) in [4.78, 5) is 12.7. The predicted octanol–water partition coefficient (Wildman–Crippen LogP) is 0.968. The van der Waals surface area contributed by atoms with Crippen LogP contribution < -0.4 is 19.1 Å². The van der Waals surface area contributed by atoms with Gasteiger partial charge < -0.3 is 14.8 Å². The van der Waals surface area contributed by atoms with Crippen LogP contribution in [0.25, 0.3) is 0 Å². The van der Waals surface area contributed by atoms with Gasteiger partial charge in [-0.15, -0.1) is 0 Å². The molecule has 33 heavy (non-hydrogen) atoms. The van der Waals surface area contributed by atoms with Crippen molar-refractivity contribution < 1.29 is 31.1 Å². The monoisotopic (exact) mass is 497 g/mol. The first-order valence-electron chi connectivity index (χ1n) is 10.1. The Kier molecular flexibility index (Phi) is 7.20. The van der Waals surface area contributed by atoms with Crippen LogP contribution in [-0.2, 0) is 24.8 Å². The SMILES string of the molecule is Cc1ccc2c(c1)N(S(C)(=O)=O)C[C@@H](C(=O)NCCOc1ccc(S(=O)(=O)N(C)C)cc1)O2. The Morgan fingerprint density at radius 3 is 2.42 bits per heavy atom. The second kappa shape index (κ2) is 9.57. The molecular formula is C21H27N3O7S2. The minimum atomic E-state index is -3.60. The van der Waals surface area contributed by atoms with E-state index in [0.717, 1.165) is 16.1 Å². The minimum absolute atomic E-state index is 0.129. The molecule has 1 aliphatic heterocycles. The Balaban J connectivity index is 1.56. The molecule has 3 rings (SSSR count). The number of ether oxygens (including phenoxy) is 2. The van der Waals surface area contributed by atoms with Crippen molar-refractivity contribution in [1.29, 1.82) is 0 Å². The molecule has 10 nitrogen and oxygen atoms in total. The maximum absolute atomic E-state index is 12.6. The Labute approximate surface area is 194 Å². The van der Waals surface area contributed by atoms with E-state index in [2.05, 4.69) is 5.32 Å². The number of nitrogens with one attached hydrogen (secondary N) is 1. The Bertz CT molecular complexity index is 1230. The predicted molar refractivity (Wildman–Crippen MR) is 124 cm³/mol. The number of carbonyl (C=O) groups excluding carboxylic acids is 1. The minimum Gasteiger partial charge on any atom is -0.492 e. The summed E-state index contributed by atoms with van der Waals surface area (Å²) >= 11 is 0. The van der Waals surface area contributed by atoms with Gasteiger partial charge in [0.1, 0.15) is 18.1 Å². The second-order valence-corrected chi connectivity index (χ2v) is 11.8. The van der Waals surface area contributed by atoms with Crippen LogP contribution in [0.1, 0.15) is 5.56 Å². The molecule has 0 spiro atoms. The number of fused-ring (bicyclic) bond motifs is 1. The lowest BCUT2D eigenvalue weighted by atomic mass is 10.1. The lowest BCUT2D eigenvalue weighted by Gasteiger charge is -2.34. The van der Waals surface area contributed by atoms with Crippen LogP contribution >= 0.6 is 0 Å². The van der Waals surface area contributed by atoms with E-state index in [1.54, 1.807) is 18.2 Å². The molecule has 1 atom stereocenters. The molecule has 0 aromatic heterocycles. The second-order valence-electron chi connectivity index (χ2n) is 7.77. The fourth-order valence-electron chi connectivity index (χ4n) is 3.19. The summed E-state index contributed by atoms with van der Waals surface area (Å²) < 4.78 is 62.3. The molecule has 0 bridgehead atoms. The fraction of sp³-hybridized carbons (Fsp3) is 0.381. The van der Waals surface area contributed by atoms with Gasteiger partial charge in [-0.05, 0) is 48.9 Å². The third-order valence-corrected chi connectivity index (χ3v) is 7.92. The summed E-state index contributed by atoms with van der Waals surface area (Å²) in [6, 6.07) is 11.1. The smallest absolute Gasteiger partial charge is 0.263 e. The number of nitrogens with zero attached hydrogens (tertiary/aromatic N) is 2. The van der Waals surface area contributed by atoms with E-state index in [1.165, 1.54) is 42.7 Å². The van der Waals surface area contributed by atoms with Gasteiger partial charge in [-0.2, -0.15) is 0 Å². The van der Waals surface area contributed by atoms with Gasteiger partial charge in [0.15, 0.2) is 6.10 Å². The number of rotatable bonds is 8. The fourth-order valence-corrected chi connectivity index (χ4v) is 5.00. The molecule has 0 radical (unpaired) electrons. The molecule has 2 aromatic rings. The Hall–Kier alpha value is -2.83. The highest BCUT2D eigenvalue weighted by molar-refractivity contribution is 7.92. The van der Waals surface area contributed by atoms with Crippen molar-refractivity contribution in [3.05, 3.63) is 48.0 Å². The van der Waals surface area contributed by atoms with E-state index in [-0.39, 0.29) is 24.6 Å². The van der Waals surface area contributed by atoms with Gasteiger partial charge in [-0.3, -0.25) is 9.10 Å². The Morgan fingerprint density at radius 1 is 1.15 bits per heavy atom. The zero-order chi connectivity index (χ0) is 24.4. The normalized spacial score (nSPS) is 16.2. The highest BCUT2D eigenvalue weighted by Crippen LogP contribution is 2.35. The third kappa shape index (κ3) is 5.75. The van der Waals surface area contributed by atoms with Gasteiger partial charge in [-0.25, -0.2) is 21.1 Å². The van der Waals surface area contributed by atoms with Crippen LogP contribution in [0.15, 0.2) is 47.4 Å². The molecule has 1 aliphatic rings. The van der Waals surface area contributed by atoms with E-state index >= 15 is 0 Å². The third-order valence-electron chi connectivity index (χ3n) is 4.95. The average Bonchev–Trinajstić information content (AvgIpc) is 2.75. The summed E-state index contributed by atoms with van der Waals surface area (Å²) in [5.74, 6) is 0.302. The molecule has 180 valence electrons. The molecule has 12 heteroatoms. The van der Waals surface area contributed by atoms with Gasteiger partial charge in [0.25, 0.3) is 5.91 Å². The highest BCUT2D eigenvalue weighted by Gasteiger charge is 2.35. The van der Waals surface area contributed by atoms with Crippen LogP contribution in [0.5, 0.6) is 11.5 Å². The zero-order valence-corrected chi connectivity index (χ0v) is 20.4. The maximum Gasteiger partial charge on any atom is 0.263 e. The standard InChI is InChI=1S/C21H27N3O7S2/c1-15-5-10-19-18(13-15)24(32(4,26)27)14-20(31-19)21(25)22-11-12-30-16-6-8-17(9-7-16)33(28,29)23(2)3/h5-10,13,20H,11-12,14H2,1-4H3,(H,22,25)/t20-/m0/s1. The van der Waals surface area contributed by atoms with E-state index in [0.29, 0.717) is 17.2 Å². The van der Waals surface area contributed by atoms with Crippen molar-refractivity contribution >= 4 is 31.6 Å². The van der Waals surface area contributed by atoms with Crippen LogP contribution in [0.4, 0.5) is 5.69 Å². The van der Waals surface area contributed by atoms with Crippen molar-refractivity contribution in [2.45, 2.75) is 17.9 Å². The summed E-state index contributed by atoms with van der Waals surface area (Å²) in [7, 11) is -4.22. The zero-order valence-electron chi connectivity index (χ0n) is 18.8. The van der Waals surface area contributed by atoms with Crippen molar-refractivity contribution in [1.82, 2.24) is 9.62 Å². The lowest BCUT2D eigenvalue weighted by molar-refractivity contribution is -0.127. The summed E-state index contributed by atoms with van der Waals surface area (Å²) in [5, 5.41) is 2.67. The first-order valence-corrected chi connectivity index (χ1v) is 13.4. The topological polar surface area (TPSA) is 122 Å². The molecule has 0 aliphatic carbocycles. The van der Waals surface area contributed by atoms with Crippen LogP contribution in [-0.4, -0.2) is 73.2 Å². The van der Waals surface area contributed by atoms with E-state index in [1.807, 2.05) is 6.92 Å². The first-order chi connectivity index (χ1) is 15.4. The largest absolute Gasteiger partial charge is 0.492 e. The Morgan fingerprint density at radius 2 is 1.82 bits per heavy atom. The van der Waals surface area contributed by atoms with Crippen LogP contribution in [0.3, 0.4) is 0 Å². The number of anilines is 1. The molecule has 1 heterocycles. The lowest BCUT2D eigenvalue weighted by Crippen LogP contribution is -2.51. The first kappa shape index (κ1) is 24.8. The van der Waals surface area contributed by atoms with Crippen molar-refractivity contribution in [3.8, 4) is 11.5 Å². The van der Waals surface area contributed by atoms with Gasteiger partial charge in [0, 0.05) is 14.1 Å². The number of hydrogen-bond acceptors (Lipinski definition) is 7. The van der Waals surface area contributed by atoms with E-state index in [4.69, 9.17) is 9.47 Å². The number of hydrogen-bond donors (Lipinski definition) is 1. The van der Waals surface area contributed by atoms with Crippen LogP contribution in [0, 0.1) is 6.92 Å². The molecular weight excluding hydrogens is 470 g/mol. The maximum atomic E-state index is 12.6. The quantitative estimate of drug-likeness (QED) is 0.539. The molecule has 0 saturated heterocycles. The number of aryl methyl sites for hydroxylation is 1. The highest BCUT2D eigenvalue weighted by atomic mass is 32.2. The molecule has 1 N–H and O–H groups in total. The number of sulfonamides is 2. The summed E-state index contributed by atoms with van der Waals surface area (Å²) in [6.07, 6.45) is 0.0768. The van der Waals surface area contributed by atoms with Gasteiger partial charge >= 0.3 is 0 Å². The van der Waals surface area contributed by atoms with Gasteiger partial charge in [0.2, 0.25) is 20.0 Å². The van der Waals surface area contributed by atoms with Crippen molar-refractivity contribution in [3.63, 3.8) is 0 Å². The van der Waals surface area contributed by atoms with Crippen LogP contribution in [0.2, 0.25) is 0 Å². The number of amides is 1. The molecule has 0 saturated carbocycles.